The highest BCUT2D eigenvalue weighted by Crippen LogP contribution is 2.39. The molecule has 0 aliphatic heterocycles. The second-order valence-corrected chi connectivity index (χ2v) is 11.9. The number of likely N-dealkylation sites (N-methyl/N-ethyl adjacent to an activating group) is 2. The molecule has 1 saturated carbocycles. The lowest BCUT2D eigenvalue weighted by molar-refractivity contribution is 0.242. The van der Waals surface area contributed by atoms with E-state index in [2.05, 4.69) is 51.1 Å². The fourth-order valence-electron chi connectivity index (χ4n) is 4.35. The van der Waals surface area contributed by atoms with Crippen molar-refractivity contribution in [1.29, 1.82) is 0 Å². The largest absolute Gasteiger partial charge is 0.308 e. The fourth-order valence-corrected chi connectivity index (χ4v) is 4.90. The summed E-state index contributed by atoms with van der Waals surface area (Å²) in [4.78, 5) is 14.4. The van der Waals surface area contributed by atoms with Crippen molar-refractivity contribution in [3.05, 3.63) is 54.0 Å². The minimum absolute atomic E-state index is 0.478. The van der Waals surface area contributed by atoms with E-state index < -0.39 is 10.0 Å². The molecule has 0 bridgehead atoms. The standard InChI is InChI=1S/C26H35N9O2S/c1-5-34(12-11-33(2)3)16-21-17-35-25(27-21)15-22(19-7-6-8-20(13-19)32-38(4,36)37)28-26(35)29-24-14-23(30-31-24)18-9-10-18/h6-8,13-15,17-18,32H,5,9-12,16H2,1-4H3,(H2,28,29,30,31). The number of hydrogen-bond acceptors (Lipinski definition) is 8. The van der Waals surface area contributed by atoms with Crippen LogP contribution in [-0.2, 0) is 16.6 Å². The lowest BCUT2D eigenvalue weighted by Gasteiger charge is -2.21. The van der Waals surface area contributed by atoms with E-state index in [0.717, 1.165) is 55.0 Å². The van der Waals surface area contributed by atoms with Gasteiger partial charge < -0.3 is 10.2 Å². The van der Waals surface area contributed by atoms with E-state index in [9.17, 15) is 8.42 Å². The highest BCUT2D eigenvalue weighted by Gasteiger charge is 2.25. The molecule has 3 N–H and O–H groups in total. The molecule has 1 aromatic carbocycles. The minimum atomic E-state index is -3.40. The minimum Gasteiger partial charge on any atom is -0.308 e. The van der Waals surface area contributed by atoms with Gasteiger partial charge in [0.25, 0.3) is 0 Å². The van der Waals surface area contributed by atoms with Crippen LogP contribution in [0.4, 0.5) is 17.5 Å². The summed E-state index contributed by atoms with van der Waals surface area (Å²) in [6.45, 7) is 5.73. The molecule has 0 saturated heterocycles. The zero-order chi connectivity index (χ0) is 26.9. The molecule has 3 heterocycles. The smallest absolute Gasteiger partial charge is 0.229 e. The molecule has 0 unspecified atom stereocenters. The number of benzene rings is 1. The molecule has 5 rings (SSSR count). The summed E-state index contributed by atoms with van der Waals surface area (Å²) in [5.41, 5.74) is 4.75. The van der Waals surface area contributed by atoms with Crippen molar-refractivity contribution >= 4 is 33.1 Å². The number of imidazole rings is 1. The first-order valence-electron chi connectivity index (χ1n) is 12.8. The fraction of sp³-hybridized carbons (Fsp3) is 0.423. The molecule has 1 fully saturated rings. The lowest BCUT2D eigenvalue weighted by Crippen LogP contribution is -2.31. The van der Waals surface area contributed by atoms with Crippen molar-refractivity contribution in [2.75, 3.05) is 50.0 Å². The normalized spacial score (nSPS) is 14.1. The molecule has 11 nitrogen and oxygen atoms in total. The molecule has 12 heteroatoms. The quantitative estimate of drug-likeness (QED) is 0.251. The van der Waals surface area contributed by atoms with E-state index in [4.69, 9.17) is 9.97 Å². The Labute approximate surface area is 223 Å². The highest BCUT2D eigenvalue weighted by molar-refractivity contribution is 7.92. The van der Waals surface area contributed by atoms with Crippen molar-refractivity contribution in [1.82, 2.24) is 34.4 Å². The third kappa shape index (κ3) is 6.50. The van der Waals surface area contributed by atoms with E-state index in [1.54, 1.807) is 18.2 Å². The SMILES string of the molecule is CCN(CCN(C)C)Cc1cn2c(Nc3cc(C4CC4)[nH]n3)nc(-c3cccc(NS(C)(=O)=O)c3)cc2n1. The van der Waals surface area contributed by atoms with E-state index in [0.29, 0.717) is 29.1 Å². The second-order valence-electron chi connectivity index (χ2n) is 10.2. The van der Waals surface area contributed by atoms with Crippen LogP contribution in [0.3, 0.4) is 0 Å². The van der Waals surface area contributed by atoms with E-state index in [1.807, 2.05) is 28.8 Å². The summed E-state index contributed by atoms with van der Waals surface area (Å²) in [6.07, 6.45) is 5.52. The third-order valence-corrected chi connectivity index (χ3v) is 7.12. The monoisotopic (exact) mass is 537 g/mol. The number of anilines is 3. The van der Waals surface area contributed by atoms with Crippen LogP contribution in [0.2, 0.25) is 0 Å². The predicted octanol–water partition coefficient (Wildman–Crippen LogP) is 3.50. The van der Waals surface area contributed by atoms with E-state index >= 15 is 0 Å². The van der Waals surface area contributed by atoms with Crippen LogP contribution in [0.5, 0.6) is 0 Å². The molecule has 0 atom stereocenters. The van der Waals surface area contributed by atoms with Gasteiger partial charge in [0.1, 0.15) is 5.65 Å². The summed E-state index contributed by atoms with van der Waals surface area (Å²) < 4.78 is 28.0. The first-order chi connectivity index (χ1) is 18.2. The van der Waals surface area contributed by atoms with Gasteiger partial charge in [-0.3, -0.25) is 19.1 Å². The van der Waals surface area contributed by atoms with Crippen LogP contribution in [0.1, 0.15) is 37.1 Å². The Balaban J connectivity index is 1.51. The number of aromatic amines is 1. The van der Waals surface area contributed by atoms with Gasteiger partial charge in [0.15, 0.2) is 5.82 Å². The number of rotatable bonds is 12. The van der Waals surface area contributed by atoms with Crippen molar-refractivity contribution in [2.45, 2.75) is 32.2 Å². The number of nitrogens with one attached hydrogen (secondary N) is 3. The Hall–Kier alpha value is -3.48. The van der Waals surface area contributed by atoms with Gasteiger partial charge >= 0.3 is 0 Å². The Morgan fingerprint density at radius 2 is 1.95 bits per heavy atom. The van der Waals surface area contributed by atoms with Crippen molar-refractivity contribution < 1.29 is 8.42 Å². The van der Waals surface area contributed by atoms with Crippen molar-refractivity contribution in [3.8, 4) is 11.3 Å². The summed E-state index contributed by atoms with van der Waals surface area (Å²) in [6, 6.07) is 11.1. The number of nitrogens with zero attached hydrogens (tertiary/aromatic N) is 6. The zero-order valence-corrected chi connectivity index (χ0v) is 23.1. The molecule has 1 aliphatic rings. The van der Waals surface area contributed by atoms with Gasteiger partial charge in [-0.1, -0.05) is 19.1 Å². The maximum absolute atomic E-state index is 11.8. The first-order valence-corrected chi connectivity index (χ1v) is 14.7. The van der Waals surface area contributed by atoms with Crippen LogP contribution < -0.4 is 10.0 Å². The lowest BCUT2D eigenvalue weighted by atomic mass is 10.1. The molecular weight excluding hydrogens is 502 g/mol. The van der Waals surface area contributed by atoms with Gasteiger partial charge in [-0.15, -0.1) is 0 Å². The number of aromatic nitrogens is 5. The van der Waals surface area contributed by atoms with Crippen LogP contribution >= 0.6 is 0 Å². The topological polar surface area (TPSA) is 124 Å². The molecule has 3 aromatic heterocycles. The van der Waals surface area contributed by atoms with Gasteiger partial charge in [0.2, 0.25) is 16.0 Å². The second kappa shape index (κ2) is 10.7. The van der Waals surface area contributed by atoms with E-state index in [1.165, 1.54) is 12.8 Å². The van der Waals surface area contributed by atoms with Gasteiger partial charge in [0.05, 0.1) is 17.6 Å². The molecule has 0 radical (unpaired) electrons. The maximum Gasteiger partial charge on any atom is 0.229 e. The van der Waals surface area contributed by atoms with Gasteiger partial charge in [-0.25, -0.2) is 18.4 Å². The van der Waals surface area contributed by atoms with Crippen molar-refractivity contribution in [3.63, 3.8) is 0 Å². The Bertz CT molecular complexity index is 1520. The molecule has 38 heavy (non-hydrogen) atoms. The average molecular weight is 538 g/mol. The van der Waals surface area contributed by atoms with Crippen LogP contribution in [0.25, 0.3) is 16.9 Å². The molecule has 0 spiro atoms. The summed E-state index contributed by atoms with van der Waals surface area (Å²) in [7, 11) is 0.756. The zero-order valence-electron chi connectivity index (χ0n) is 22.3. The molecular formula is C26H35N9O2S. The highest BCUT2D eigenvalue weighted by atomic mass is 32.2. The maximum atomic E-state index is 11.8. The molecule has 4 aromatic rings. The van der Waals surface area contributed by atoms with Gasteiger partial charge in [-0.2, -0.15) is 5.10 Å². The Morgan fingerprint density at radius 3 is 2.66 bits per heavy atom. The molecule has 1 aliphatic carbocycles. The van der Waals surface area contributed by atoms with Crippen LogP contribution in [0, 0.1) is 0 Å². The summed E-state index contributed by atoms with van der Waals surface area (Å²) >= 11 is 0. The third-order valence-electron chi connectivity index (χ3n) is 6.52. The number of fused-ring (bicyclic) bond motifs is 1. The summed E-state index contributed by atoms with van der Waals surface area (Å²) in [5, 5.41) is 11.0. The average Bonchev–Trinajstić information content (AvgIpc) is 3.46. The van der Waals surface area contributed by atoms with E-state index in [-0.39, 0.29) is 0 Å². The van der Waals surface area contributed by atoms with Gasteiger partial charge in [-0.05, 0) is 45.6 Å². The van der Waals surface area contributed by atoms with Crippen LogP contribution in [-0.4, -0.2) is 82.8 Å². The Morgan fingerprint density at radius 1 is 1.13 bits per heavy atom. The molecule has 0 amide bonds. The number of hydrogen-bond donors (Lipinski definition) is 3. The van der Waals surface area contributed by atoms with Gasteiger partial charge in [0, 0.05) is 60.8 Å². The number of sulfonamides is 1. The Kier molecular flexibility index (Phi) is 7.37. The number of H-pyrrole nitrogens is 1. The summed E-state index contributed by atoms with van der Waals surface area (Å²) in [5.74, 6) is 1.84. The van der Waals surface area contributed by atoms with Crippen molar-refractivity contribution in [2.24, 2.45) is 0 Å². The first kappa shape index (κ1) is 26.1. The molecule has 202 valence electrons. The van der Waals surface area contributed by atoms with Crippen LogP contribution in [0.15, 0.2) is 42.6 Å². The predicted molar refractivity (Wildman–Crippen MR) is 150 cm³/mol.